The predicted octanol–water partition coefficient (Wildman–Crippen LogP) is 2.93. The Kier molecular flexibility index (Phi) is 5.94. The highest BCUT2D eigenvalue weighted by molar-refractivity contribution is 7.71. The summed E-state index contributed by atoms with van der Waals surface area (Å²) in [5.74, 6) is 1.25. The van der Waals surface area contributed by atoms with Crippen molar-refractivity contribution >= 4 is 12.2 Å². The first-order chi connectivity index (χ1) is 14.1. The molecule has 0 radical (unpaired) electrons. The van der Waals surface area contributed by atoms with Gasteiger partial charge in [0.2, 0.25) is 4.77 Å². The molecule has 1 fully saturated rings. The van der Waals surface area contributed by atoms with Crippen LogP contribution in [0.5, 0.6) is 0 Å². The summed E-state index contributed by atoms with van der Waals surface area (Å²) in [6.07, 6.45) is 2.25. The van der Waals surface area contributed by atoms with E-state index in [1.807, 2.05) is 22.9 Å². The third-order valence-corrected chi connectivity index (χ3v) is 6.36. The van der Waals surface area contributed by atoms with Crippen LogP contribution in [0.3, 0.4) is 0 Å². The van der Waals surface area contributed by atoms with Crippen molar-refractivity contribution < 1.29 is 10.0 Å². The van der Waals surface area contributed by atoms with Crippen molar-refractivity contribution in [1.82, 2.24) is 14.3 Å². The molecule has 1 saturated heterocycles. The van der Waals surface area contributed by atoms with Crippen molar-refractivity contribution in [3.05, 3.63) is 64.4 Å². The molecular formula is C23H29N4OS+. The molecule has 0 spiro atoms. The third-order valence-electron chi connectivity index (χ3n) is 5.97. The molecule has 1 aliphatic heterocycles. The number of aliphatic hydroxyl groups is 1. The summed E-state index contributed by atoms with van der Waals surface area (Å²) in [5, 5.41) is 14.5. The van der Waals surface area contributed by atoms with Crippen LogP contribution in [0.2, 0.25) is 0 Å². The monoisotopic (exact) mass is 409 g/mol. The third kappa shape index (κ3) is 4.20. The first kappa shape index (κ1) is 20.0. The first-order valence-electron chi connectivity index (χ1n) is 10.3. The highest BCUT2D eigenvalue weighted by Crippen LogP contribution is 2.24. The largest absolute Gasteiger partial charge is 0.396 e. The second kappa shape index (κ2) is 8.61. The quantitative estimate of drug-likeness (QED) is 0.637. The molecule has 5 nitrogen and oxygen atoms in total. The molecule has 29 heavy (non-hydrogen) atoms. The van der Waals surface area contributed by atoms with Gasteiger partial charge in [0.15, 0.2) is 12.5 Å². The SMILES string of the molecule is Cc1ccc(-n2c(-c3ccccc3)nn(C[NH+]3CCC[C@H](CO)C3)c2=S)cc1C. The lowest BCUT2D eigenvalue weighted by molar-refractivity contribution is -0.931. The number of rotatable bonds is 5. The molecule has 0 saturated carbocycles. The summed E-state index contributed by atoms with van der Waals surface area (Å²) in [4.78, 5) is 1.43. The molecule has 1 unspecified atom stereocenters. The summed E-state index contributed by atoms with van der Waals surface area (Å²) in [6.45, 7) is 7.30. The fourth-order valence-corrected chi connectivity index (χ4v) is 4.44. The van der Waals surface area contributed by atoms with Crippen molar-refractivity contribution in [2.45, 2.75) is 33.4 Å². The summed E-state index contributed by atoms with van der Waals surface area (Å²) in [7, 11) is 0. The van der Waals surface area contributed by atoms with Crippen molar-refractivity contribution in [1.29, 1.82) is 0 Å². The number of benzene rings is 2. The molecule has 6 heteroatoms. The fourth-order valence-electron chi connectivity index (χ4n) is 4.15. The highest BCUT2D eigenvalue weighted by atomic mass is 32.1. The van der Waals surface area contributed by atoms with Gasteiger partial charge in [0.25, 0.3) is 0 Å². The highest BCUT2D eigenvalue weighted by Gasteiger charge is 2.24. The van der Waals surface area contributed by atoms with Gasteiger partial charge in [0.1, 0.15) is 0 Å². The Hall–Kier alpha value is -2.28. The Bertz CT molecular complexity index is 1040. The van der Waals surface area contributed by atoms with E-state index in [4.69, 9.17) is 17.3 Å². The van der Waals surface area contributed by atoms with E-state index in [1.54, 1.807) is 0 Å². The van der Waals surface area contributed by atoms with E-state index in [2.05, 4.69) is 48.7 Å². The van der Waals surface area contributed by atoms with Crippen LogP contribution in [0, 0.1) is 24.5 Å². The van der Waals surface area contributed by atoms with Gasteiger partial charge in [-0.25, -0.2) is 0 Å². The number of hydrogen-bond acceptors (Lipinski definition) is 3. The Labute approximate surface area is 177 Å². The number of piperidine rings is 1. The van der Waals surface area contributed by atoms with Crippen LogP contribution >= 0.6 is 12.2 Å². The number of hydrogen-bond donors (Lipinski definition) is 2. The van der Waals surface area contributed by atoms with E-state index in [0.717, 1.165) is 49.7 Å². The average molecular weight is 410 g/mol. The molecule has 152 valence electrons. The van der Waals surface area contributed by atoms with E-state index in [-0.39, 0.29) is 6.61 Å². The molecule has 0 aliphatic carbocycles. The van der Waals surface area contributed by atoms with Crippen LogP contribution in [0.15, 0.2) is 48.5 Å². The molecule has 4 rings (SSSR count). The number of aryl methyl sites for hydroxylation is 2. The lowest BCUT2D eigenvalue weighted by atomic mass is 10.00. The Morgan fingerprint density at radius 2 is 1.93 bits per heavy atom. The zero-order chi connectivity index (χ0) is 20.4. The van der Waals surface area contributed by atoms with Gasteiger partial charge in [-0.15, -0.1) is 5.10 Å². The number of aromatic nitrogens is 3. The minimum Gasteiger partial charge on any atom is -0.396 e. The molecule has 2 heterocycles. The number of likely N-dealkylation sites (tertiary alicyclic amines) is 1. The Morgan fingerprint density at radius 1 is 1.14 bits per heavy atom. The Balaban J connectivity index is 1.77. The normalized spacial score (nSPS) is 19.4. The van der Waals surface area contributed by atoms with Crippen molar-refractivity contribution in [3.8, 4) is 17.1 Å². The van der Waals surface area contributed by atoms with E-state index in [0.29, 0.717) is 10.7 Å². The van der Waals surface area contributed by atoms with Gasteiger partial charge in [0.05, 0.1) is 25.4 Å². The second-order valence-corrected chi connectivity index (χ2v) is 8.49. The zero-order valence-electron chi connectivity index (χ0n) is 17.1. The average Bonchev–Trinajstić information content (AvgIpc) is 3.07. The standard InChI is InChI=1S/C23H28N4OS/c1-17-10-11-21(13-18(17)2)27-22(20-8-4-3-5-9-20)24-26(23(27)29)16-25-12-6-7-19(14-25)15-28/h3-5,8-11,13,19,28H,6-7,12,14-16H2,1-2H3/p+1/t19-/m0/s1. The summed E-state index contributed by atoms with van der Waals surface area (Å²) < 4.78 is 4.76. The molecule has 1 aliphatic rings. The van der Waals surface area contributed by atoms with Gasteiger partial charge in [-0.05, 0) is 62.2 Å². The molecule has 3 aromatic rings. The van der Waals surface area contributed by atoms with Crippen LogP contribution in [0.1, 0.15) is 24.0 Å². The number of quaternary nitrogens is 1. The van der Waals surface area contributed by atoms with Crippen molar-refractivity contribution in [2.75, 3.05) is 19.7 Å². The van der Waals surface area contributed by atoms with E-state index in [9.17, 15) is 5.11 Å². The summed E-state index contributed by atoms with van der Waals surface area (Å²) in [5.41, 5.74) is 4.60. The van der Waals surface area contributed by atoms with Gasteiger partial charge in [-0.3, -0.25) is 4.57 Å². The lowest BCUT2D eigenvalue weighted by Gasteiger charge is -2.28. The number of nitrogens with zero attached hydrogens (tertiary/aromatic N) is 3. The fraction of sp³-hybridized carbons (Fsp3) is 0.391. The number of nitrogens with one attached hydrogen (secondary N) is 1. The second-order valence-electron chi connectivity index (χ2n) is 8.13. The summed E-state index contributed by atoms with van der Waals surface area (Å²) >= 11 is 5.90. The van der Waals surface area contributed by atoms with Crippen LogP contribution in [0.4, 0.5) is 0 Å². The predicted molar refractivity (Wildman–Crippen MR) is 118 cm³/mol. The first-order valence-corrected chi connectivity index (χ1v) is 10.7. The number of aliphatic hydroxyl groups excluding tert-OH is 1. The maximum absolute atomic E-state index is 9.56. The summed E-state index contributed by atoms with van der Waals surface area (Å²) in [6, 6.07) is 16.7. The molecule has 2 N–H and O–H groups in total. The van der Waals surface area contributed by atoms with Gasteiger partial charge >= 0.3 is 0 Å². The molecule has 0 bridgehead atoms. The van der Waals surface area contributed by atoms with Crippen LogP contribution in [0.25, 0.3) is 17.1 Å². The zero-order valence-corrected chi connectivity index (χ0v) is 18.0. The Morgan fingerprint density at radius 3 is 2.66 bits per heavy atom. The minimum absolute atomic E-state index is 0.265. The van der Waals surface area contributed by atoms with Gasteiger partial charge in [0, 0.05) is 11.5 Å². The molecule has 1 aromatic heterocycles. The minimum atomic E-state index is 0.265. The van der Waals surface area contributed by atoms with Crippen LogP contribution < -0.4 is 4.90 Å². The smallest absolute Gasteiger partial charge is 0.207 e. The van der Waals surface area contributed by atoms with Crippen LogP contribution in [-0.2, 0) is 6.67 Å². The molecule has 0 amide bonds. The topological polar surface area (TPSA) is 47.4 Å². The van der Waals surface area contributed by atoms with E-state index < -0.39 is 0 Å². The van der Waals surface area contributed by atoms with Gasteiger partial charge in [-0.2, -0.15) is 4.68 Å². The van der Waals surface area contributed by atoms with Crippen molar-refractivity contribution in [3.63, 3.8) is 0 Å². The van der Waals surface area contributed by atoms with Gasteiger partial charge in [-0.1, -0.05) is 36.4 Å². The van der Waals surface area contributed by atoms with E-state index in [1.165, 1.54) is 16.0 Å². The van der Waals surface area contributed by atoms with Crippen molar-refractivity contribution in [2.24, 2.45) is 5.92 Å². The molecular weight excluding hydrogens is 380 g/mol. The van der Waals surface area contributed by atoms with E-state index >= 15 is 0 Å². The lowest BCUT2D eigenvalue weighted by Crippen LogP contribution is -3.13. The molecule has 2 atom stereocenters. The molecule has 2 aromatic carbocycles. The maximum atomic E-state index is 9.56. The van der Waals surface area contributed by atoms with Gasteiger partial charge < -0.3 is 10.0 Å². The van der Waals surface area contributed by atoms with Crippen LogP contribution in [-0.4, -0.2) is 39.2 Å². The maximum Gasteiger partial charge on any atom is 0.207 e.